The SMILES string of the molecule is COc1cc(C(=O)N2CCCN(c3nc(C)cs3)CC2)cc(OC)c1OCc1ccccc1. The number of methoxy groups -OCH3 is 2. The largest absolute Gasteiger partial charge is 0.493 e. The lowest BCUT2D eigenvalue weighted by Crippen LogP contribution is -2.35. The Morgan fingerprint density at radius 3 is 2.39 bits per heavy atom. The van der Waals surface area contributed by atoms with Crippen molar-refractivity contribution in [3.8, 4) is 17.2 Å². The summed E-state index contributed by atoms with van der Waals surface area (Å²) in [5, 5.41) is 3.08. The van der Waals surface area contributed by atoms with E-state index in [9.17, 15) is 4.79 Å². The fourth-order valence-electron chi connectivity index (χ4n) is 3.86. The molecule has 1 aromatic heterocycles. The Hall–Kier alpha value is -3.26. The molecule has 4 rings (SSSR count). The molecule has 0 saturated carbocycles. The molecule has 0 atom stereocenters. The maximum Gasteiger partial charge on any atom is 0.254 e. The van der Waals surface area contributed by atoms with Gasteiger partial charge >= 0.3 is 0 Å². The first-order chi connectivity index (χ1) is 16.1. The molecule has 0 spiro atoms. The van der Waals surface area contributed by atoms with Gasteiger partial charge in [-0.15, -0.1) is 11.3 Å². The molecule has 2 aromatic carbocycles. The van der Waals surface area contributed by atoms with Crippen molar-refractivity contribution in [2.45, 2.75) is 20.0 Å². The van der Waals surface area contributed by atoms with Gasteiger partial charge in [-0.3, -0.25) is 4.79 Å². The van der Waals surface area contributed by atoms with Crippen LogP contribution in [-0.4, -0.2) is 56.2 Å². The average molecular weight is 468 g/mol. The van der Waals surface area contributed by atoms with Gasteiger partial charge in [-0.25, -0.2) is 4.98 Å². The van der Waals surface area contributed by atoms with E-state index in [0.29, 0.717) is 42.5 Å². The number of amides is 1. The molecule has 33 heavy (non-hydrogen) atoms. The number of carbonyl (C=O) groups is 1. The van der Waals surface area contributed by atoms with E-state index in [-0.39, 0.29) is 5.91 Å². The molecular weight excluding hydrogens is 438 g/mol. The first-order valence-corrected chi connectivity index (χ1v) is 11.9. The Morgan fingerprint density at radius 1 is 1.03 bits per heavy atom. The molecule has 0 radical (unpaired) electrons. The summed E-state index contributed by atoms with van der Waals surface area (Å²) in [7, 11) is 3.14. The maximum atomic E-state index is 13.4. The van der Waals surface area contributed by atoms with Gasteiger partial charge in [0.05, 0.1) is 19.9 Å². The predicted molar refractivity (Wildman–Crippen MR) is 130 cm³/mol. The van der Waals surface area contributed by atoms with Crippen LogP contribution in [0.15, 0.2) is 47.8 Å². The highest BCUT2D eigenvalue weighted by Crippen LogP contribution is 2.39. The second-order valence-electron chi connectivity index (χ2n) is 7.89. The Balaban J connectivity index is 1.50. The van der Waals surface area contributed by atoms with Crippen LogP contribution in [0.5, 0.6) is 17.2 Å². The summed E-state index contributed by atoms with van der Waals surface area (Å²) in [4.78, 5) is 22.1. The van der Waals surface area contributed by atoms with E-state index >= 15 is 0 Å². The number of hydrogen-bond acceptors (Lipinski definition) is 7. The third kappa shape index (κ3) is 5.39. The number of nitrogens with zero attached hydrogens (tertiary/aromatic N) is 3. The number of rotatable bonds is 7. The quantitative estimate of drug-likeness (QED) is 0.513. The van der Waals surface area contributed by atoms with Crippen molar-refractivity contribution < 1.29 is 19.0 Å². The number of aromatic nitrogens is 1. The number of thiazole rings is 1. The Bertz CT molecular complexity index is 1060. The Labute approximate surface area is 198 Å². The molecule has 0 N–H and O–H groups in total. The zero-order chi connectivity index (χ0) is 23.2. The van der Waals surface area contributed by atoms with Crippen molar-refractivity contribution in [2.75, 3.05) is 45.3 Å². The molecule has 1 aliphatic rings. The van der Waals surface area contributed by atoms with Crippen LogP contribution in [0.3, 0.4) is 0 Å². The van der Waals surface area contributed by atoms with Crippen molar-refractivity contribution in [1.29, 1.82) is 0 Å². The fraction of sp³-hybridized carbons (Fsp3) is 0.360. The van der Waals surface area contributed by atoms with Crippen LogP contribution in [0, 0.1) is 6.92 Å². The van der Waals surface area contributed by atoms with Gasteiger partial charge in [0.15, 0.2) is 16.6 Å². The molecule has 3 aromatic rings. The highest BCUT2D eigenvalue weighted by atomic mass is 32.1. The molecule has 174 valence electrons. The van der Waals surface area contributed by atoms with Crippen LogP contribution in [0.1, 0.15) is 28.0 Å². The third-order valence-corrected chi connectivity index (χ3v) is 6.61. The lowest BCUT2D eigenvalue weighted by atomic mass is 10.1. The topological polar surface area (TPSA) is 64.1 Å². The molecule has 1 amide bonds. The van der Waals surface area contributed by atoms with Crippen molar-refractivity contribution in [3.05, 3.63) is 64.7 Å². The van der Waals surface area contributed by atoms with Crippen LogP contribution in [0.4, 0.5) is 5.13 Å². The minimum atomic E-state index is -0.0432. The number of benzene rings is 2. The molecule has 0 bridgehead atoms. The summed E-state index contributed by atoms with van der Waals surface area (Å²) in [6.45, 7) is 5.34. The molecule has 1 saturated heterocycles. The van der Waals surface area contributed by atoms with Gasteiger partial charge in [0, 0.05) is 37.1 Å². The average Bonchev–Trinajstić information content (AvgIpc) is 3.13. The van der Waals surface area contributed by atoms with Crippen LogP contribution in [0.25, 0.3) is 0 Å². The van der Waals surface area contributed by atoms with Gasteiger partial charge in [-0.1, -0.05) is 30.3 Å². The lowest BCUT2D eigenvalue weighted by molar-refractivity contribution is 0.0766. The van der Waals surface area contributed by atoms with E-state index in [1.165, 1.54) is 0 Å². The summed E-state index contributed by atoms with van der Waals surface area (Å²) >= 11 is 1.65. The molecule has 8 heteroatoms. The summed E-state index contributed by atoms with van der Waals surface area (Å²) in [5.41, 5.74) is 2.58. The van der Waals surface area contributed by atoms with Gasteiger partial charge in [-0.05, 0) is 31.0 Å². The van der Waals surface area contributed by atoms with Crippen molar-refractivity contribution in [1.82, 2.24) is 9.88 Å². The highest BCUT2D eigenvalue weighted by Gasteiger charge is 2.24. The molecular formula is C25H29N3O4S. The van der Waals surface area contributed by atoms with Crippen LogP contribution in [0.2, 0.25) is 0 Å². The predicted octanol–water partition coefficient (Wildman–Crippen LogP) is 4.40. The molecule has 2 heterocycles. The maximum absolute atomic E-state index is 13.4. The number of ether oxygens (including phenoxy) is 3. The lowest BCUT2D eigenvalue weighted by Gasteiger charge is -2.23. The Morgan fingerprint density at radius 2 is 1.76 bits per heavy atom. The van der Waals surface area contributed by atoms with E-state index in [1.807, 2.05) is 42.2 Å². The van der Waals surface area contributed by atoms with Crippen LogP contribution in [-0.2, 0) is 6.61 Å². The number of carbonyl (C=O) groups excluding carboxylic acids is 1. The van der Waals surface area contributed by atoms with Crippen molar-refractivity contribution in [3.63, 3.8) is 0 Å². The summed E-state index contributed by atoms with van der Waals surface area (Å²) < 4.78 is 17.1. The summed E-state index contributed by atoms with van der Waals surface area (Å²) in [6, 6.07) is 13.3. The Kier molecular flexibility index (Phi) is 7.34. The number of hydrogen-bond donors (Lipinski definition) is 0. The van der Waals surface area contributed by atoms with Crippen molar-refractivity contribution >= 4 is 22.4 Å². The van der Waals surface area contributed by atoms with Gasteiger partial charge < -0.3 is 24.0 Å². The van der Waals surface area contributed by atoms with E-state index in [2.05, 4.69) is 15.3 Å². The smallest absolute Gasteiger partial charge is 0.254 e. The van der Waals surface area contributed by atoms with E-state index in [1.54, 1.807) is 37.7 Å². The summed E-state index contributed by atoms with van der Waals surface area (Å²) in [5.74, 6) is 1.40. The normalized spacial score (nSPS) is 14.0. The number of aryl methyl sites for hydroxylation is 1. The second-order valence-corrected chi connectivity index (χ2v) is 8.72. The minimum Gasteiger partial charge on any atom is -0.493 e. The summed E-state index contributed by atoms with van der Waals surface area (Å²) in [6.07, 6.45) is 0.886. The molecule has 0 unspecified atom stereocenters. The standard InChI is InChI=1S/C25H29N3O4S/c1-18-17-33-25(26-18)28-11-7-10-27(12-13-28)24(29)20-14-21(30-2)23(22(15-20)31-3)32-16-19-8-5-4-6-9-19/h4-6,8-9,14-15,17H,7,10-13,16H2,1-3H3. The molecule has 7 nitrogen and oxygen atoms in total. The second kappa shape index (κ2) is 10.6. The van der Waals surface area contributed by atoms with E-state index in [0.717, 1.165) is 35.9 Å². The minimum absolute atomic E-state index is 0.0432. The first kappa shape index (κ1) is 22.9. The molecule has 0 aliphatic carbocycles. The van der Waals surface area contributed by atoms with Gasteiger partial charge in [0.1, 0.15) is 6.61 Å². The molecule has 1 aliphatic heterocycles. The van der Waals surface area contributed by atoms with Gasteiger partial charge in [-0.2, -0.15) is 0 Å². The van der Waals surface area contributed by atoms with E-state index < -0.39 is 0 Å². The fourth-order valence-corrected chi connectivity index (χ4v) is 4.71. The third-order valence-electron chi connectivity index (χ3n) is 5.59. The first-order valence-electron chi connectivity index (χ1n) is 11.0. The van der Waals surface area contributed by atoms with E-state index in [4.69, 9.17) is 14.2 Å². The highest BCUT2D eigenvalue weighted by molar-refractivity contribution is 7.13. The zero-order valence-corrected chi connectivity index (χ0v) is 20.1. The monoisotopic (exact) mass is 467 g/mol. The van der Waals surface area contributed by atoms with Crippen LogP contribution >= 0.6 is 11.3 Å². The molecule has 1 fully saturated rings. The zero-order valence-electron chi connectivity index (χ0n) is 19.2. The van der Waals surface area contributed by atoms with Crippen molar-refractivity contribution in [2.24, 2.45) is 0 Å². The van der Waals surface area contributed by atoms with Gasteiger partial charge in [0.2, 0.25) is 5.75 Å². The number of anilines is 1. The van der Waals surface area contributed by atoms with Gasteiger partial charge in [0.25, 0.3) is 5.91 Å². The van der Waals surface area contributed by atoms with Crippen LogP contribution < -0.4 is 19.1 Å².